The summed E-state index contributed by atoms with van der Waals surface area (Å²) in [4.78, 5) is 86.7. The van der Waals surface area contributed by atoms with Crippen LogP contribution in [0.25, 0.3) is 0 Å². The molecule has 0 saturated carbocycles. The van der Waals surface area contributed by atoms with Crippen LogP contribution in [0.3, 0.4) is 0 Å². The minimum atomic E-state index is -1.40. The molecule has 2 fully saturated rings. The van der Waals surface area contributed by atoms with Crippen LogP contribution in [0.2, 0.25) is 0 Å². The van der Waals surface area contributed by atoms with Crippen molar-refractivity contribution in [3.63, 3.8) is 0 Å². The van der Waals surface area contributed by atoms with Gasteiger partial charge in [-0.05, 0) is 44.8 Å². The molecule has 0 aromatic carbocycles. The molecule has 0 radical (unpaired) electrons. The summed E-state index contributed by atoms with van der Waals surface area (Å²) < 4.78 is 5.15. The van der Waals surface area contributed by atoms with Crippen LogP contribution in [0.5, 0.6) is 0 Å². The molecule has 5 rings (SSSR count). The van der Waals surface area contributed by atoms with E-state index in [9.17, 15) is 39.0 Å². The highest BCUT2D eigenvalue weighted by Crippen LogP contribution is 2.45. The third-order valence-electron chi connectivity index (χ3n) is 7.06. The van der Waals surface area contributed by atoms with Crippen molar-refractivity contribution in [2.24, 2.45) is 5.16 Å². The number of nitrogen functional groups attached to an aromatic ring is 1. The number of carboxylic acid groups (broad SMARTS) is 2. The van der Waals surface area contributed by atoms with Crippen molar-refractivity contribution < 1.29 is 48.6 Å². The van der Waals surface area contributed by atoms with Crippen LogP contribution in [0.15, 0.2) is 33.0 Å². The van der Waals surface area contributed by atoms with E-state index in [1.165, 1.54) is 22.0 Å². The van der Waals surface area contributed by atoms with E-state index in [4.69, 9.17) is 15.3 Å². The van der Waals surface area contributed by atoms with E-state index >= 15 is 0 Å². The molecule has 5 heterocycles. The number of aromatic nitrogens is 1. The minimum absolute atomic E-state index is 0.0289. The lowest BCUT2D eigenvalue weighted by Crippen LogP contribution is -2.71. The Morgan fingerprint density at radius 3 is 2.57 bits per heavy atom. The second-order valence-corrected chi connectivity index (χ2v) is 13.2. The maximum atomic E-state index is 13.3. The van der Waals surface area contributed by atoms with E-state index in [2.05, 4.69) is 15.5 Å². The lowest BCUT2D eigenvalue weighted by molar-refractivity contribution is -0.160. The topological polar surface area (TPSA) is 231 Å². The standard InChI is InChI=1S/C26H28N6O10S2/c1-26(2,3)42-14(33)7-41-30-15(13-9-44-25(27)28-13)19(34)29-16-21(36)32-17(23(37)38)10(8-43-22(16)32)6-12-11-4-5-31(20(11)35)18(12)24(39)40/h9,16,18,22H,4-8H2,1-3H3,(H2,27,28)(H,29,34)(H,37,38)(H,39,40)/b30-15-/t16-,18-,22-/m1/s1. The molecule has 44 heavy (non-hydrogen) atoms. The van der Waals surface area contributed by atoms with Crippen LogP contribution >= 0.6 is 23.1 Å². The third kappa shape index (κ3) is 5.73. The maximum absolute atomic E-state index is 13.3. The molecule has 5 N–H and O–H groups in total. The quantitative estimate of drug-likeness (QED) is 0.113. The summed E-state index contributed by atoms with van der Waals surface area (Å²) in [6.45, 7) is 4.69. The Kier molecular flexibility index (Phi) is 8.15. The summed E-state index contributed by atoms with van der Waals surface area (Å²) >= 11 is 2.20. The van der Waals surface area contributed by atoms with Crippen molar-refractivity contribution >= 4 is 69.6 Å². The van der Waals surface area contributed by atoms with Gasteiger partial charge in [0.05, 0.1) is 0 Å². The minimum Gasteiger partial charge on any atom is -0.479 e. The predicted octanol–water partition coefficient (Wildman–Crippen LogP) is -0.0879. The van der Waals surface area contributed by atoms with Gasteiger partial charge in [-0.1, -0.05) is 5.16 Å². The molecule has 0 unspecified atom stereocenters. The monoisotopic (exact) mass is 648 g/mol. The summed E-state index contributed by atoms with van der Waals surface area (Å²) in [5.41, 5.74) is 5.27. The Balaban J connectivity index is 1.33. The number of hydrogen-bond donors (Lipinski definition) is 4. The molecular formula is C26H28N6O10S2. The number of nitrogens with one attached hydrogen (secondary N) is 1. The zero-order valence-electron chi connectivity index (χ0n) is 23.7. The van der Waals surface area contributed by atoms with Gasteiger partial charge in [-0.3, -0.25) is 19.3 Å². The fraction of sp³-hybridized carbons (Fsp3) is 0.462. The number of rotatable bonds is 10. The van der Waals surface area contributed by atoms with Gasteiger partial charge in [0.25, 0.3) is 17.7 Å². The highest BCUT2D eigenvalue weighted by molar-refractivity contribution is 8.00. The first-order chi connectivity index (χ1) is 20.7. The summed E-state index contributed by atoms with van der Waals surface area (Å²) in [6.07, 6.45) is 0.282. The van der Waals surface area contributed by atoms with E-state index in [0.717, 1.165) is 16.2 Å². The summed E-state index contributed by atoms with van der Waals surface area (Å²) in [6, 6.07) is -2.31. The van der Waals surface area contributed by atoms with Crippen LogP contribution in [0, 0.1) is 0 Å². The largest absolute Gasteiger partial charge is 0.479 e. The number of carbonyl (C=O) groups is 6. The summed E-state index contributed by atoms with van der Waals surface area (Å²) in [7, 11) is 0. The fourth-order valence-electron chi connectivity index (χ4n) is 5.38. The number of anilines is 1. The fourth-order valence-corrected chi connectivity index (χ4v) is 7.27. The molecule has 1 aromatic rings. The van der Waals surface area contributed by atoms with Crippen molar-refractivity contribution in [1.29, 1.82) is 0 Å². The molecule has 3 amide bonds. The first-order valence-corrected chi connectivity index (χ1v) is 15.2. The predicted molar refractivity (Wildman–Crippen MR) is 154 cm³/mol. The molecular weight excluding hydrogens is 620 g/mol. The Bertz CT molecular complexity index is 1570. The number of nitrogens with zero attached hydrogens (tertiary/aromatic N) is 4. The molecule has 4 aliphatic heterocycles. The van der Waals surface area contributed by atoms with E-state index in [1.807, 2.05) is 0 Å². The lowest BCUT2D eigenvalue weighted by Gasteiger charge is -2.49. The SMILES string of the molecule is CC(C)(C)OC(=O)CO/N=C(\C(=O)N[C@@H]1C(=O)N2C(C(=O)O)=C(CC3=C4CCN(C4=O)[C@H]3C(=O)O)CS[C@H]12)c1csc(N)n1. The molecule has 2 saturated heterocycles. The molecule has 2 bridgehead atoms. The molecule has 234 valence electrons. The number of carboxylic acids is 2. The zero-order chi connectivity index (χ0) is 32.1. The number of β-lactam (4-membered cyclic amide) rings is 1. The van der Waals surface area contributed by atoms with Crippen LogP contribution < -0.4 is 11.1 Å². The van der Waals surface area contributed by atoms with Crippen LogP contribution in [0.4, 0.5) is 5.13 Å². The van der Waals surface area contributed by atoms with Crippen LogP contribution in [0.1, 0.15) is 39.3 Å². The molecule has 0 aliphatic carbocycles. The molecule has 16 nitrogen and oxygen atoms in total. The van der Waals surface area contributed by atoms with Gasteiger partial charge < -0.3 is 35.7 Å². The lowest BCUT2D eigenvalue weighted by atomic mass is 9.92. The van der Waals surface area contributed by atoms with E-state index in [-0.39, 0.29) is 46.9 Å². The number of thioether (sulfide) groups is 1. The van der Waals surface area contributed by atoms with Crippen molar-refractivity contribution in [2.75, 3.05) is 24.6 Å². The van der Waals surface area contributed by atoms with Gasteiger partial charge in [-0.2, -0.15) is 0 Å². The number of thiazole rings is 1. The average molecular weight is 649 g/mol. The second-order valence-electron chi connectivity index (χ2n) is 11.2. The van der Waals surface area contributed by atoms with E-state index < -0.39 is 59.4 Å². The number of aliphatic carboxylic acids is 2. The molecule has 18 heteroatoms. The van der Waals surface area contributed by atoms with Crippen molar-refractivity contribution in [2.45, 2.75) is 56.7 Å². The maximum Gasteiger partial charge on any atom is 0.352 e. The number of fused-ring (bicyclic) bond motifs is 3. The normalized spacial score (nSPS) is 23.1. The average Bonchev–Trinajstić information content (AvgIpc) is 3.60. The first-order valence-electron chi connectivity index (χ1n) is 13.3. The van der Waals surface area contributed by atoms with Gasteiger partial charge in [0.1, 0.15) is 28.4 Å². The van der Waals surface area contributed by atoms with E-state index in [0.29, 0.717) is 23.1 Å². The molecule has 3 atom stereocenters. The number of hydrogen-bond acceptors (Lipinski definition) is 13. The van der Waals surface area contributed by atoms with Crippen molar-refractivity contribution in [3.8, 4) is 0 Å². The van der Waals surface area contributed by atoms with Gasteiger partial charge in [-0.25, -0.2) is 19.4 Å². The highest BCUT2D eigenvalue weighted by Gasteiger charge is 2.55. The summed E-state index contributed by atoms with van der Waals surface area (Å²) in [5, 5.41) is 26.8. The first kappa shape index (κ1) is 31.0. The Morgan fingerprint density at radius 1 is 1.23 bits per heavy atom. The number of nitrogens with two attached hydrogens (primary N) is 1. The summed E-state index contributed by atoms with van der Waals surface area (Å²) in [5.74, 6) is -5.19. The Morgan fingerprint density at radius 2 is 1.95 bits per heavy atom. The molecule has 4 aliphatic rings. The van der Waals surface area contributed by atoms with Crippen molar-refractivity contribution in [1.82, 2.24) is 20.1 Å². The number of ether oxygens (including phenoxy) is 1. The zero-order valence-corrected chi connectivity index (χ0v) is 25.3. The number of amides is 3. The van der Waals surface area contributed by atoms with Crippen molar-refractivity contribution in [3.05, 3.63) is 33.5 Å². The number of esters is 1. The number of oxime groups is 1. The van der Waals surface area contributed by atoms with Crippen LogP contribution in [-0.2, 0) is 38.3 Å². The Hall–Kier alpha value is -4.45. The Labute approximate surface area is 257 Å². The van der Waals surface area contributed by atoms with Gasteiger partial charge in [0, 0.05) is 23.3 Å². The van der Waals surface area contributed by atoms with Gasteiger partial charge in [0.2, 0.25) is 6.61 Å². The number of carbonyl (C=O) groups excluding carboxylic acids is 4. The van der Waals surface area contributed by atoms with Gasteiger partial charge >= 0.3 is 17.9 Å². The van der Waals surface area contributed by atoms with Crippen LogP contribution in [-0.4, -0.2) is 108 Å². The smallest absolute Gasteiger partial charge is 0.352 e. The highest BCUT2D eigenvalue weighted by atomic mass is 32.2. The molecule has 0 spiro atoms. The third-order valence-corrected chi connectivity index (χ3v) is 9.08. The van der Waals surface area contributed by atoms with Gasteiger partial charge in [0.15, 0.2) is 16.9 Å². The van der Waals surface area contributed by atoms with E-state index in [1.54, 1.807) is 20.8 Å². The second kappa shape index (κ2) is 11.6. The van der Waals surface area contributed by atoms with Gasteiger partial charge in [-0.15, -0.1) is 23.1 Å². The molecule has 1 aromatic heterocycles.